The van der Waals surface area contributed by atoms with Crippen LogP contribution in [0, 0.1) is 5.41 Å². The molecule has 2 N–H and O–H groups in total. The van der Waals surface area contributed by atoms with Gasteiger partial charge in [-0.05, 0) is 39.7 Å². The standard InChI is InChI=1S/C19H29NO5/c1-7-14(21)19(5,16(22)24-6)15(13-11-9-8-10-12-13)20-17(23)25-18(2,3)4/h8-12,14-15,21H,7H2,1-6H3,(H,20,23)/t14-,15-,19-/m1/s1. The second-order valence-electron chi connectivity index (χ2n) is 7.19. The number of aliphatic hydroxyl groups excluding tert-OH is 1. The summed E-state index contributed by atoms with van der Waals surface area (Å²) in [6.07, 6.45) is -1.36. The molecule has 0 spiro atoms. The van der Waals surface area contributed by atoms with Crippen molar-refractivity contribution in [1.29, 1.82) is 0 Å². The summed E-state index contributed by atoms with van der Waals surface area (Å²) in [5, 5.41) is 13.3. The third-order valence-corrected chi connectivity index (χ3v) is 4.10. The predicted octanol–water partition coefficient (Wildman–Crippen LogP) is 3.20. The molecule has 0 unspecified atom stereocenters. The highest BCUT2D eigenvalue weighted by Crippen LogP contribution is 2.39. The lowest BCUT2D eigenvalue weighted by molar-refractivity contribution is -0.162. The summed E-state index contributed by atoms with van der Waals surface area (Å²) in [4.78, 5) is 24.9. The monoisotopic (exact) mass is 351 g/mol. The maximum absolute atomic E-state index is 12.5. The molecule has 6 heteroatoms. The molecule has 0 aromatic heterocycles. The van der Waals surface area contributed by atoms with Crippen molar-refractivity contribution in [1.82, 2.24) is 5.32 Å². The summed E-state index contributed by atoms with van der Waals surface area (Å²) in [6, 6.07) is 8.19. The Morgan fingerprint density at radius 2 is 1.72 bits per heavy atom. The van der Waals surface area contributed by atoms with Gasteiger partial charge in [-0.3, -0.25) is 4.79 Å². The first-order chi connectivity index (χ1) is 11.6. The van der Waals surface area contributed by atoms with Crippen LogP contribution in [0.5, 0.6) is 0 Å². The third-order valence-electron chi connectivity index (χ3n) is 4.10. The molecule has 0 saturated carbocycles. The van der Waals surface area contributed by atoms with Crippen LogP contribution in [-0.2, 0) is 14.3 Å². The number of hydrogen-bond donors (Lipinski definition) is 2. The van der Waals surface area contributed by atoms with E-state index in [0.29, 0.717) is 12.0 Å². The highest BCUT2D eigenvalue weighted by atomic mass is 16.6. The molecule has 0 aliphatic rings. The Morgan fingerprint density at radius 3 is 2.16 bits per heavy atom. The molecule has 0 aliphatic heterocycles. The van der Waals surface area contributed by atoms with Gasteiger partial charge in [0, 0.05) is 0 Å². The van der Waals surface area contributed by atoms with Gasteiger partial charge in [0.05, 0.1) is 19.3 Å². The minimum atomic E-state index is -1.37. The first-order valence-corrected chi connectivity index (χ1v) is 8.37. The molecule has 25 heavy (non-hydrogen) atoms. The molecule has 1 aromatic carbocycles. The molecule has 0 fully saturated rings. The molecule has 1 aromatic rings. The van der Waals surface area contributed by atoms with E-state index in [0.717, 1.165) is 0 Å². The minimum Gasteiger partial charge on any atom is -0.468 e. The van der Waals surface area contributed by atoms with Crippen LogP contribution in [0.15, 0.2) is 30.3 Å². The number of rotatable bonds is 6. The molecule has 6 nitrogen and oxygen atoms in total. The van der Waals surface area contributed by atoms with E-state index in [1.165, 1.54) is 7.11 Å². The van der Waals surface area contributed by atoms with Gasteiger partial charge < -0.3 is 19.9 Å². The molecule has 1 amide bonds. The predicted molar refractivity (Wildman–Crippen MR) is 95.0 cm³/mol. The molecule has 0 saturated heterocycles. The number of amides is 1. The first kappa shape index (κ1) is 21.0. The van der Waals surface area contributed by atoms with Crippen molar-refractivity contribution in [3.8, 4) is 0 Å². The van der Waals surface area contributed by atoms with Crippen LogP contribution in [0.25, 0.3) is 0 Å². The van der Waals surface area contributed by atoms with Crippen molar-refractivity contribution in [2.24, 2.45) is 5.41 Å². The zero-order valence-corrected chi connectivity index (χ0v) is 15.8. The number of methoxy groups -OCH3 is 1. The molecule has 0 heterocycles. The van der Waals surface area contributed by atoms with Crippen molar-refractivity contribution in [3.63, 3.8) is 0 Å². The lowest BCUT2D eigenvalue weighted by Crippen LogP contribution is -2.52. The van der Waals surface area contributed by atoms with Crippen LogP contribution in [0.4, 0.5) is 4.79 Å². The molecule has 0 radical (unpaired) electrons. The molecule has 0 aliphatic carbocycles. The molecule has 140 valence electrons. The summed E-state index contributed by atoms with van der Waals surface area (Å²) in [7, 11) is 1.26. The highest BCUT2D eigenvalue weighted by molar-refractivity contribution is 5.80. The van der Waals surface area contributed by atoms with Gasteiger partial charge in [0.1, 0.15) is 11.0 Å². The first-order valence-electron chi connectivity index (χ1n) is 8.37. The zero-order valence-electron chi connectivity index (χ0n) is 15.8. The maximum Gasteiger partial charge on any atom is 0.408 e. The van der Waals surface area contributed by atoms with Crippen LogP contribution in [0.2, 0.25) is 0 Å². The highest BCUT2D eigenvalue weighted by Gasteiger charge is 2.49. The molecule has 3 atom stereocenters. The van der Waals surface area contributed by atoms with Crippen LogP contribution < -0.4 is 5.32 Å². The minimum absolute atomic E-state index is 0.324. The average Bonchev–Trinajstić information content (AvgIpc) is 2.56. The summed E-state index contributed by atoms with van der Waals surface area (Å²) in [5.74, 6) is -0.605. The Labute approximate surface area is 149 Å². The Balaban J connectivity index is 3.33. The van der Waals surface area contributed by atoms with E-state index in [4.69, 9.17) is 9.47 Å². The number of alkyl carbamates (subject to hydrolysis) is 1. The summed E-state index contributed by atoms with van der Waals surface area (Å²) in [5.41, 5.74) is -1.38. The fourth-order valence-electron chi connectivity index (χ4n) is 2.74. The average molecular weight is 351 g/mol. The van der Waals surface area contributed by atoms with Crippen LogP contribution in [-0.4, -0.2) is 36.0 Å². The zero-order chi connectivity index (χ0) is 19.3. The van der Waals surface area contributed by atoms with Gasteiger partial charge in [-0.1, -0.05) is 37.3 Å². The van der Waals surface area contributed by atoms with Crippen molar-refractivity contribution in [3.05, 3.63) is 35.9 Å². The van der Waals surface area contributed by atoms with E-state index in [-0.39, 0.29) is 0 Å². The van der Waals surface area contributed by atoms with Gasteiger partial charge in [0.25, 0.3) is 0 Å². The third kappa shape index (κ3) is 5.19. The number of nitrogens with one attached hydrogen (secondary N) is 1. The molecule has 1 rings (SSSR count). The largest absolute Gasteiger partial charge is 0.468 e. The van der Waals surface area contributed by atoms with E-state index in [1.807, 2.05) is 6.07 Å². The van der Waals surface area contributed by atoms with E-state index >= 15 is 0 Å². The number of esters is 1. The molecular weight excluding hydrogens is 322 g/mol. The number of hydrogen-bond acceptors (Lipinski definition) is 5. The van der Waals surface area contributed by atoms with E-state index in [1.54, 1.807) is 58.9 Å². The van der Waals surface area contributed by atoms with Crippen LogP contribution in [0.1, 0.15) is 52.6 Å². The second-order valence-corrected chi connectivity index (χ2v) is 7.19. The van der Waals surface area contributed by atoms with Crippen molar-refractivity contribution in [2.45, 2.75) is 58.8 Å². The Morgan fingerprint density at radius 1 is 1.16 bits per heavy atom. The number of ether oxygens (including phenoxy) is 2. The topological polar surface area (TPSA) is 84.9 Å². The van der Waals surface area contributed by atoms with Gasteiger partial charge in [0.2, 0.25) is 0 Å². The molecule has 0 bridgehead atoms. The lowest BCUT2D eigenvalue weighted by Gasteiger charge is -2.39. The molecular formula is C19H29NO5. The van der Waals surface area contributed by atoms with Gasteiger partial charge in [-0.15, -0.1) is 0 Å². The second kappa shape index (κ2) is 8.34. The fraction of sp³-hybridized carbons (Fsp3) is 0.579. The smallest absolute Gasteiger partial charge is 0.408 e. The Kier molecular flexibility index (Phi) is 6.99. The fourth-order valence-corrected chi connectivity index (χ4v) is 2.74. The summed E-state index contributed by atoms with van der Waals surface area (Å²) < 4.78 is 10.3. The van der Waals surface area contributed by atoms with Crippen LogP contribution >= 0.6 is 0 Å². The Bertz CT molecular complexity index is 581. The number of aliphatic hydroxyl groups is 1. The van der Waals surface area contributed by atoms with Crippen LogP contribution in [0.3, 0.4) is 0 Å². The quantitative estimate of drug-likeness (QED) is 0.769. The maximum atomic E-state index is 12.5. The van der Waals surface area contributed by atoms with E-state index < -0.39 is 35.2 Å². The van der Waals surface area contributed by atoms with Gasteiger partial charge in [0.15, 0.2) is 0 Å². The number of carbonyl (C=O) groups is 2. The van der Waals surface area contributed by atoms with Crippen molar-refractivity contribution in [2.75, 3.05) is 7.11 Å². The van der Waals surface area contributed by atoms with Crippen molar-refractivity contribution < 1.29 is 24.2 Å². The van der Waals surface area contributed by atoms with Crippen molar-refractivity contribution >= 4 is 12.1 Å². The number of carbonyl (C=O) groups excluding carboxylic acids is 2. The van der Waals surface area contributed by atoms with Gasteiger partial charge in [-0.25, -0.2) is 4.79 Å². The summed E-state index contributed by atoms with van der Waals surface area (Å²) in [6.45, 7) is 8.61. The van der Waals surface area contributed by atoms with E-state index in [2.05, 4.69) is 5.32 Å². The lowest BCUT2D eigenvalue weighted by atomic mass is 9.73. The van der Waals surface area contributed by atoms with E-state index in [9.17, 15) is 14.7 Å². The van der Waals surface area contributed by atoms with Gasteiger partial charge >= 0.3 is 12.1 Å². The SMILES string of the molecule is CC[C@@H](O)[C@@](C)(C(=O)OC)[C@H](NC(=O)OC(C)(C)C)c1ccccc1. The number of benzene rings is 1. The normalized spacial score (nSPS) is 16.3. The Hall–Kier alpha value is -2.08. The summed E-state index contributed by atoms with van der Waals surface area (Å²) >= 11 is 0. The van der Waals surface area contributed by atoms with Gasteiger partial charge in [-0.2, -0.15) is 0 Å².